The van der Waals surface area contributed by atoms with Crippen LogP contribution in [-0.2, 0) is 10.1 Å². The van der Waals surface area contributed by atoms with E-state index >= 15 is 0 Å². The Balaban J connectivity index is 3.44. The predicted molar refractivity (Wildman–Crippen MR) is 48.4 cm³/mol. The lowest BCUT2D eigenvalue weighted by molar-refractivity contribution is 0.0992. The number of hydrogen-bond donors (Lipinski definition) is 1. The second-order valence-electron chi connectivity index (χ2n) is 2.78. The van der Waals surface area contributed by atoms with Gasteiger partial charge >= 0.3 is 0 Å². The summed E-state index contributed by atoms with van der Waals surface area (Å²) in [5.41, 5.74) is 7.04. The average Bonchev–Trinajstić information content (AvgIpc) is 2.02. The first-order chi connectivity index (χ1) is 6.32. The summed E-state index contributed by atoms with van der Waals surface area (Å²) in [5.74, 6) is -0.991. The zero-order chi connectivity index (χ0) is 10.9. The van der Waals surface area contributed by atoms with Crippen LogP contribution >= 0.6 is 0 Å². The maximum absolute atomic E-state index is 10.8. The van der Waals surface area contributed by atoms with Crippen molar-refractivity contribution in [2.24, 2.45) is 0 Å². The van der Waals surface area contributed by atoms with Gasteiger partial charge in [-0.15, -0.1) is 0 Å². The largest absolute Gasteiger partial charge is 0.294 e. The summed E-state index contributed by atoms with van der Waals surface area (Å²) in [5, 5.41) is 0. The third-order valence-corrected chi connectivity index (χ3v) is 2.72. The zero-order valence-electron chi connectivity index (χ0n) is 7.31. The van der Waals surface area contributed by atoms with Crippen LogP contribution in [-0.4, -0.2) is 18.9 Å². The molecule has 0 aromatic heterocycles. The van der Waals surface area contributed by atoms with E-state index in [0.717, 1.165) is 6.07 Å². The minimum absolute atomic E-state index is 0.0665. The van der Waals surface area contributed by atoms with Gasteiger partial charge in [-0.3, -0.25) is 15.1 Å². The SMILES string of the molecule is Cc1ccc(C([NH])=O)cc1S(=O)(=O)O. The Morgan fingerprint density at radius 1 is 1.43 bits per heavy atom. The summed E-state index contributed by atoms with van der Waals surface area (Å²) in [7, 11) is -4.33. The molecule has 1 rings (SSSR count). The fraction of sp³-hybridized carbons (Fsp3) is 0.125. The van der Waals surface area contributed by atoms with Gasteiger partial charge < -0.3 is 0 Å². The minimum Gasteiger partial charge on any atom is -0.282 e. The first-order valence-corrected chi connectivity index (χ1v) is 5.10. The molecular formula is C8H8NO4S. The number of aryl methyl sites for hydroxylation is 1. The minimum atomic E-state index is -4.33. The van der Waals surface area contributed by atoms with E-state index in [-0.39, 0.29) is 10.5 Å². The lowest BCUT2D eigenvalue weighted by Crippen LogP contribution is -2.05. The average molecular weight is 214 g/mol. The topological polar surface area (TPSA) is 95.2 Å². The highest BCUT2D eigenvalue weighted by Crippen LogP contribution is 2.16. The molecule has 6 heteroatoms. The van der Waals surface area contributed by atoms with E-state index in [2.05, 4.69) is 0 Å². The van der Waals surface area contributed by atoms with Crippen LogP contribution in [0.5, 0.6) is 0 Å². The molecule has 0 spiro atoms. The normalized spacial score (nSPS) is 11.3. The number of hydrogen-bond acceptors (Lipinski definition) is 3. The van der Waals surface area contributed by atoms with Crippen LogP contribution < -0.4 is 5.73 Å². The second-order valence-corrected chi connectivity index (χ2v) is 4.17. The van der Waals surface area contributed by atoms with E-state index in [9.17, 15) is 13.2 Å². The molecule has 1 aromatic carbocycles. The monoisotopic (exact) mass is 214 g/mol. The molecule has 0 saturated heterocycles. The van der Waals surface area contributed by atoms with Crippen molar-refractivity contribution in [3.05, 3.63) is 29.3 Å². The second kappa shape index (κ2) is 3.39. The lowest BCUT2D eigenvalue weighted by atomic mass is 10.1. The summed E-state index contributed by atoms with van der Waals surface area (Å²) in [4.78, 5) is 10.3. The Hall–Kier alpha value is -1.40. The van der Waals surface area contributed by atoms with Gasteiger partial charge in [0, 0.05) is 5.56 Å². The molecule has 75 valence electrons. The van der Waals surface area contributed by atoms with Crippen LogP contribution in [0, 0.1) is 6.92 Å². The summed E-state index contributed by atoms with van der Waals surface area (Å²) >= 11 is 0. The standard InChI is InChI=1S/C8H8NO4S/c1-5-2-3-6(8(9)10)4-7(5)14(11,12)13/h2-4,9H,1H3,(H,11,12,13). The maximum Gasteiger partial charge on any atom is 0.294 e. The van der Waals surface area contributed by atoms with Gasteiger partial charge in [-0.05, 0) is 24.6 Å². The Labute approximate surface area is 81.3 Å². The Morgan fingerprint density at radius 3 is 2.43 bits per heavy atom. The lowest BCUT2D eigenvalue weighted by Gasteiger charge is -2.03. The van der Waals surface area contributed by atoms with Gasteiger partial charge in [-0.1, -0.05) is 6.07 Å². The molecule has 14 heavy (non-hydrogen) atoms. The van der Waals surface area contributed by atoms with E-state index < -0.39 is 16.0 Å². The van der Waals surface area contributed by atoms with Crippen molar-refractivity contribution in [2.75, 3.05) is 0 Å². The molecule has 0 aliphatic heterocycles. The highest BCUT2D eigenvalue weighted by molar-refractivity contribution is 7.85. The van der Waals surface area contributed by atoms with Crippen LogP contribution in [0.4, 0.5) is 0 Å². The third-order valence-electron chi connectivity index (χ3n) is 1.73. The molecule has 0 aliphatic rings. The summed E-state index contributed by atoms with van der Waals surface area (Å²) in [6.45, 7) is 1.49. The number of benzene rings is 1. The van der Waals surface area contributed by atoms with E-state index in [1.807, 2.05) is 0 Å². The van der Waals surface area contributed by atoms with Gasteiger partial charge in [0.25, 0.3) is 16.0 Å². The van der Waals surface area contributed by atoms with Crippen LogP contribution in [0.15, 0.2) is 23.1 Å². The molecule has 5 nitrogen and oxygen atoms in total. The number of nitrogens with one attached hydrogen (secondary N) is 1. The van der Waals surface area contributed by atoms with Crippen molar-refractivity contribution < 1.29 is 17.8 Å². The van der Waals surface area contributed by atoms with Crippen molar-refractivity contribution in [1.29, 1.82) is 0 Å². The fourth-order valence-corrected chi connectivity index (χ4v) is 1.77. The zero-order valence-corrected chi connectivity index (χ0v) is 8.13. The van der Waals surface area contributed by atoms with Crippen LogP contribution in [0.2, 0.25) is 0 Å². The van der Waals surface area contributed by atoms with Crippen molar-refractivity contribution in [1.82, 2.24) is 5.73 Å². The van der Waals surface area contributed by atoms with Gasteiger partial charge in [-0.25, -0.2) is 0 Å². The first kappa shape index (κ1) is 10.7. The van der Waals surface area contributed by atoms with Crippen molar-refractivity contribution in [3.63, 3.8) is 0 Å². The quantitative estimate of drug-likeness (QED) is 0.731. The Bertz CT molecular complexity index is 478. The van der Waals surface area contributed by atoms with Gasteiger partial charge in [0.1, 0.15) is 0 Å². The number of amides is 1. The Morgan fingerprint density at radius 2 is 2.00 bits per heavy atom. The molecule has 1 aromatic rings. The summed E-state index contributed by atoms with van der Waals surface area (Å²) < 4.78 is 30.4. The molecule has 0 fully saturated rings. The van der Waals surface area contributed by atoms with E-state index in [4.69, 9.17) is 10.3 Å². The highest BCUT2D eigenvalue weighted by Gasteiger charge is 2.15. The first-order valence-electron chi connectivity index (χ1n) is 3.66. The molecule has 1 radical (unpaired) electrons. The van der Waals surface area contributed by atoms with E-state index in [0.29, 0.717) is 5.56 Å². The smallest absolute Gasteiger partial charge is 0.282 e. The van der Waals surface area contributed by atoms with Crippen molar-refractivity contribution in [2.45, 2.75) is 11.8 Å². The number of rotatable bonds is 2. The molecule has 0 heterocycles. The van der Waals surface area contributed by atoms with E-state index in [1.54, 1.807) is 0 Å². The molecule has 2 N–H and O–H groups in total. The third kappa shape index (κ3) is 2.09. The van der Waals surface area contributed by atoms with Gasteiger partial charge in [0.15, 0.2) is 0 Å². The summed E-state index contributed by atoms with van der Waals surface area (Å²) in [6, 6.07) is 3.68. The van der Waals surface area contributed by atoms with Crippen LogP contribution in [0.25, 0.3) is 0 Å². The maximum atomic E-state index is 10.8. The van der Waals surface area contributed by atoms with E-state index in [1.165, 1.54) is 19.1 Å². The molecule has 0 aliphatic carbocycles. The molecule has 0 atom stereocenters. The van der Waals surface area contributed by atoms with Gasteiger partial charge in [0.05, 0.1) is 4.90 Å². The molecule has 0 unspecified atom stereocenters. The Kier molecular flexibility index (Phi) is 2.59. The van der Waals surface area contributed by atoms with Gasteiger partial charge in [-0.2, -0.15) is 8.42 Å². The predicted octanol–water partition coefficient (Wildman–Crippen LogP) is 0.665. The molecule has 1 amide bonds. The fourth-order valence-electron chi connectivity index (χ4n) is 1.02. The van der Waals surface area contributed by atoms with Crippen molar-refractivity contribution in [3.8, 4) is 0 Å². The van der Waals surface area contributed by atoms with Crippen LogP contribution in [0.1, 0.15) is 15.9 Å². The van der Waals surface area contributed by atoms with Crippen molar-refractivity contribution >= 4 is 16.0 Å². The molecule has 0 bridgehead atoms. The highest BCUT2D eigenvalue weighted by atomic mass is 32.2. The molecular weight excluding hydrogens is 206 g/mol. The number of carbonyl (C=O) groups is 1. The summed E-state index contributed by atoms with van der Waals surface area (Å²) in [6.07, 6.45) is 0. The van der Waals surface area contributed by atoms with Crippen LogP contribution in [0.3, 0.4) is 0 Å². The van der Waals surface area contributed by atoms with Gasteiger partial charge in [0.2, 0.25) is 0 Å². The number of carbonyl (C=O) groups excluding carboxylic acids is 1. The molecule has 0 saturated carbocycles.